The summed E-state index contributed by atoms with van der Waals surface area (Å²) in [4.78, 5) is 22.9. The molecule has 0 aliphatic heterocycles. The second-order valence-corrected chi connectivity index (χ2v) is 5.74. The van der Waals surface area contributed by atoms with Crippen molar-refractivity contribution in [2.75, 3.05) is 20.3 Å². The zero-order chi connectivity index (χ0) is 15.0. The van der Waals surface area contributed by atoms with Gasteiger partial charge in [-0.1, -0.05) is 19.3 Å². The first-order valence-corrected chi connectivity index (χ1v) is 7.23. The van der Waals surface area contributed by atoms with Gasteiger partial charge in [0, 0.05) is 20.3 Å². The van der Waals surface area contributed by atoms with Gasteiger partial charge in [-0.05, 0) is 24.7 Å². The van der Waals surface area contributed by atoms with Gasteiger partial charge in [0.25, 0.3) is 0 Å². The van der Waals surface area contributed by atoms with E-state index in [1.54, 1.807) is 7.11 Å². The number of carbonyl (C=O) groups is 2. The third-order valence-corrected chi connectivity index (χ3v) is 4.05. The van der Waals surface area contributed by atoms with Crippen LogP contribution in [0.2, 0.25) is 0 Å². The molecule has 6 nitrogen and oxygen atoms in total. The largest absolute Gasteiger partial charge is 0.481 e. The van der Waals surface area contributed by atoms with Crippen LogP contribution < -0.4 is 11.1 Å². The van der Waals surface area contributed by atoms with Crippen LogP contribution in [-0.2, 0) is 14.3 Å². The van der Waals surface area contributed by atoms with Crippen molar-refractivity contribution in [1.29, 1.82) is 0 Å². The highest BCUT2D eigenvalue weighted by Gasteiger charge is 2.35. The summed E-state index contributed by atoms with van der Waals surface area (Å²) in [6.07, 6.45) is 5.48. The van der Waals surface area contributed by atoms with Crippen LogP contribution in [0.3, 0.4) is 0 Å². The normalized spacial score (nSPS) is 19.3. The molecule has 0 aromatic rings. The van der Waals surface area contributed by atoms with Gasteiger partial charge in [0.15, 0.2) is 0 Å². The minimum atomic E-state index is -0.801. The summed E-state index contributed by atoms with van der Waals surface area (Å²) >= 11 is 0. The molecular weight excluding hydrogens is 260 g/mol. The highest BCUT2D eigenvalue weighted by molar-refractivity contribution is 5.81. The third-order valence-electron chi connectivity index (χ3n) is 4.05. The molecule has 0 saturated heterocycles. The molecule has 116 valence electrons. The standard InChI is InChI=1S/C14H26N2O4/c1-20-8-5-11(15)13(19)16-10-14(9-12(17)18)6-3-2-4-7-14/h11H,2-10,15H2,1H3,(H,16,19)(H,17,18). The fraction of sp³-hybridized carbons (Fsp3) is 0.857. The number of hydrogen-bond acceptors (Lipinski definition) is 4. The molecule has 1 aliphatic rings. The van der Waals surface area contributed by atoms with E-state index < -0.39 is 12.0 Å². The van der Waals surface area contributed by atoms with Crippen molar-refractivity contribution in [2.24, 2.45) is 11.1 Å². The molecule has 1 atom stereocenters. The Morgan fingerprint density at radius 2 is 2.00 bits per heavy atom. The van der Waals surface area contributed by atoms with E-state index in [-0.39, 0.29) is 17.7 Å². The van der Waals surface area contributed by atoms with E-state index in [1.807, 2.05) is 0 Å². The highest BCUT2D eigenvalue weighted by Crippen LogP contribution is 2.38. The number of rotatable bonds is 8. The van der Waals surface area contributed by atoms with E-state index in [0.717, 1.165) is 32.1 Å². The first kappa shape index (κ1) is 16.9. The van der Waals surface area contributed by atoms with Gasteiger partial charge in [-0.2, -0.15) is 0 Å². The average Bonchev–Trinajstić information content (AvgIpc) is 2.42. The zero-order valence-electron chi connectivity index (χ0n) is 12.2. The number of methoxy groups -OCH3 is 1. The molecule has 1 aliphatic carbocycles. The maximum atomic E-state index is 11.9. The summed E-state index contributed by atoms with van der Waals surface area (Å²) in [5.41, 5.74) is 5.45. The zero-order valence-corrected chi connectivity index (χ0v) is 12.2. The first-order chi connectivity index (χ1) is 9.49. The molecule has 1 amide bonds. The van der Waals surface area contributed by atoms with Gasteiger partial charge in [-0.15, -0.1) is 0 Å². The minimum Gasteiger partial charge on any atom is -0.481 e. The molecule has 1 fully saturated rings. The molecule has 6 heteroatoms. The number of hydrogen-bond donors (Lipinski definition) is 3. The monoisotopic (exact) mass is 286 g/mol. The van der Waals surface area contributed by atoms with Gasteiger partial charge in [0.2, 0.25) is 5.91 Å². The van der Waals surface area contributed by atoms with Crippen LogP contribution in [0.25, 0.3) is 0 Å². The van der Waals surface area contributed by atoms with E-state index in [4.69, 9.17) is 15.6 Å². The number of carboxylic acids is 1. The maximum absolute atomic E-state index is 11.9. The van der Waals surface area contributed by atoms with E-state index in [9.17, 15) is 9.59 Å². The Kier molecular flexibility index (Phi) is 6.95. The van der Waals surface area contributed by atoms with Gasteiger partial charge in [0.05, 0.1) is 12.5 Å². The van der Waals surface area contributed by atoms with Crippen LogP contribution in [0, 0.1) is 5.41 Å². The van der Waals surface area contributed by atoms with Gasteiger partial charge in [0.1, 0.15) is 0 Å². The number of amides is 1. The summed E-state index contributed by atoms with van der Waals surface area (Å²) in [6, 6.07) is -0.597. The Labute approximate surface area is 120 Å². The van der Waals surface area contributed by atoms with Crippen LogP contribution in [0.15, 0.2) is 0 Å². The summed E-state index contributed by atoms with van der Waals surface area (Å²) in [5.74, 6) is -1.03. The Bertz CT molecular complexity index is 327. The van der Waals surface area contributed by atoms with Crippen molar-refractivity contribution in [1.82, 2.24) is 5.32 Å². The van der Waals surface area contributed by atoms with Gasteiger partial charge < -0.3 is 20.9 Å². The van der Waals surface area contributed by atoms with Crippen molar-refractivity contribution >= 4 is 11.9 Å². The lowest BCUT2D eigenvalue weighted by atomic mass is 9.71. The second-order valence-electron chi connectivity index (χ2n) is 5.74. The fourth-order valence-electron chi connectivity index (χ4n) is 2.82. The van der Waals surface area contributed by atoms with E-state index in [2.05, 4.69) is 5.32 Å². The number of nitrogens with one attached hydrogen (secondary N) is 1. The van der Waals surface area contributed by atoms with Crippen molar-refractivity contribution in [3.63, 3.8) is 0 Å². The third kappa shape index (κ3) is 5.46. The van der Waals surface area contributed by atoms with Crippen molar-refractivity contribution in [3.8, 4) is 0 Å². The molecule has 0 heterocycles. The van der Waals surface area contributed by atoms with Crippen LogP contribution in [0.1, 0.15) is 44.9 Å². The summed E-state index contributed by atoms with van der Waals surface area (Å²) < 4.78 is 4.89. The number of ether oxygens (including phenoxy) is 1. The molecule has 20 heavy (non-hydrogen) atoms. The first-order valence-electron chi connectivity index (χ1n) is 7.23. The Morgan fingerprint density at radius 1 is 1.35 bits per heavy atom. The molecule has 1 rings (SSSR count). The Hall–Kier alpha value is -1.14. The van der Waals surface area contributed by atoms with Gasteiger partial charge in [-0.25, -0.2) is 0 Å². The molecule has 0 radical (unpaired) electrons. The molecule has 4 N–H and O–H groups in total. The van der Waals surface area contributed by atoms with E-state index in [1.165, 1.54) is 0 Å². The van der Waals surface area contributed by atoms with E-state index in [0.29, 0.717) is 19.6 Å². The van der Waals surface area contributed by atoms with E-state index >= 15 is 0 Å². The van der Waals surface area contributed by atoms with Crippen LogP contribution in [0.4, 0.5) is 0 Å². The summed E-state index contributed by atoms with van der Waals surface area (Å²) in [7, 11) is 1.56. The van der Waals surface area contributed by atoms with Crippen LogP contribution >= 0.6 is 0 Å². The van der Waals surface area contributed by atoms with Crippen LogP contribution in [0.5, 0.6) is 0 Å². The average molecular weight is 286 g/mol. The smallest absolute Gasteiger partial charge is 0.303 e. The van der Waals surface area contributed by atoms with Gasteiger partial charge >= 0.3 is 5.97 Å². The van der Waals surface area contributed by atoms with Crippen molar-refractivity contribution in [3.05, 3.63) is 0 Å². The predicted molar refractivity (Wildman–Crippen MR) is 75.2 cm³/mol. The van der Waals surface area contributed by atoms with Gasteiger partial charge in [-0.3, -0.25) is 9.59 Å². The van der Waals surface area contributed by atoms with Crippen molar-refractivity contribution in [2.45, 2.75) is 51.0 Å². The Morgan fingerprint density at radius 3 is 2.55 bits per heavy atom. The second kappa shape index (κ2) is 8.21. The molecule has 0 aromatic heterocycles. The topological polar surface area (TPSA) is 102 Å². The molecule has 0 aromatic carbocycles. The lowest BCUT2D eigenvalue weighted by Crippen LogP contribution is -2.47. The quantitative estimate of drug-likeness (QED) is 0.615. The molecule has 0 spiro atoms. The maximum Gasteiger partial charge on any atom is 0.303 e. The fourth-order valence-corrected chi connectivity index (χ4v) is 2.82. The number of carboxylic acid groups (broad SMARTS) is 1. The number of carbonyl (C=O) groups excluding carboxylic acids is 1. The number of aliphatic carboxylic acids is 1. The summed E-state index contributed by atoms with van der Waals surface area (Å²) in [5, 5.41) is 11.9. The predicted octanol–water partition coefficient (Wildman–Crippen LogP) is 0.892. The highest BCUT2D eigenvalue weighted by atomic mass is 16.5. The molecule has 1 saturated carbocycles. The SMILES string of the molecule is COCCC(N)C(=O)NCC1(CC(=O)O)CCCCC1. The lowest BCUT2D eigenvalue weighted by molar-refractivity contribution is -0.140. The summed E-state index contributed by atoms with van der Waals surface area (Å²) in [6.45, 7) is 0.841. The Balaban J connectivity index is 2.49. The molecular formula is C14H26N2O4. The van der Waals surface area contributed by atoms with Crippen molar-refractivity contribution < 1.29 is 19.4 Å². The van der Waals surface area contributed by atoms with Crippen LogP contribution in [-0.4, -0.2) is 43.3 Å². The molecule has 0 bridgehead atoms. The molecule has 1 unspecified atom stereocenters. The minimum absolute atomic E-state index is 0.112. The lowest BCUT2D eigenvalue weighted by Gasteiger charge is -2.36. The number of nitrogens with two attached hydrogens (primary N) is 1.